The molecule has 0 saturated carbocycles. The topological polar surface area (TPSA) is 89.7 Å². The van der Waals surface area contributed by atoms with Crippen LogP contribution in [0.5, 0.6) is 0 Å². The molecule has 0 aliphatic carbocycles. The number of hydrogen-bond donors (Lipinski definition) is 1. The van der Waals surface area contributed by atoms with Crippen LogP contribution in [0, 0.1) is 16.0 Å². The molecule has 58 valence electrons. The van der Waals surface area contributed by atoms with Crippen LogP contribution in [0.2, 0.25) is 0 Å². The van der Waals surface area contributed by atoms with Crippen LogP contribution in [0.25, 0.3) is 0 Å². The summed E-state index contributed by atoms with van der Waals surface area (Å²) in [7, 11) is 0. The quantitative estimate of drug-likeness (QED) is 0.445. The summed E-state index contributed by atoms with van der Waals surface area (Å²) >= 11 is 0. The molecule has 0 radical (unpaired) electrons. The first-order valence-electron chi connectivity index (χ1n) is 2.54. The highest BCUT2D eigenvalue weighted by Gasteiger charge is 2.11. The van der Waals surface area contributed by atoms with Crippen molar-refractivity contribution < 1.29 is 19.8 Å². The largest absolute Gasteiger partial charge is 0.481 e. The lowest BCUT2D eigenvalue weighted by molar-refractivity contribution is -0.758. The van der Waals surface area contributed by atoms with Crippen molar-refractivity contribution in [2.75, 3.05) is 6.61 Å². The van der Waals surface area contributed by atoms with Crippen LogP contribution in [-0.4, -0.2) is 22.8 Å². The third-order valence-electron chi connectivity index (χ3n) is 0.852. The molecular weight excluding hydrogens is 142 g/mol. The smallest absolute Gasteiger partial charge is 0.308 e. The summed E-state index contributed by atoms with van der Waals surface area (Å²) in [6, 6.07) is 0. The number of rotatable bonds is 4. The van der Waals surface area contributed by atoms with Gasteiger partial charge in [0.2, 0.25) is 0 Å². The van der Waals surface area contributed by atoms with Crippen LogP contribution in [0.1, 0.15) is 6.92 Å². The minimum Gasteiger partial charge on any atom is -0.481 e. The highest BCUT2D eigenvalue weighted by atomic mass is 16.9. The predicted molar refractivity (Wildman–Crippen MR) is 29.7 cm³/mol. The summed E-state index contributed by atoms with van der Waals surface area (Å²) in [5.74, 6) is -1.95. The summed E-state index contributed by atoms with van der Waals surface area (Å²) in [4.78, 5) is 23.3. The second-order valence-electron chi connectivity index (χ2n) is 1.76. The average molecular weight is 149 g/mol. The van der Waals surface area contributed by atoms with Crippen molar-refractivity contribution in [2.24, 2.45) is 5.92 Å². The highest BCUT2D eigenvalue weighted by Crippen LogP contribution is 1.94. The number of nitrogens with zero attached hydrogens (tertiary/aromatic N) is 1. The molecule has 0 aliphatic heterocycles. The van der Waals surface area contributed by atoms with Crippen LogP contribution >= 0.6 is 0 Å². The Kier molecular flexibility index (Phi) is 3.16. The van der Waals surface area contributed by atoms with Gasteiger partial charge in [0.1, 0.15) is 6.61 Å². The second kappa shape index (κ2) is 3.65. The van der Waals surface area contributed by atoms with Gasteiger partial charge in [0, 0.05) is 0 Å². The first-order valence-corrected chi connectivity index (χ1v) is 2.54. The Morgan fingerprint density at radius 2 is 2.40 bits per heavy atom. The van der Waals surface area contributed by atoms with Gasteiger partial charge >= 0.3 is 5.97 Å². The van der Waals surface area contributed by atoms with E-state index in [0.29, 0.717) is 0 Å². The molecule has 0 aromatic rings. The molecular formula is C4H7NO5. The van der Waals surface area contributed by atoms with E-state index in [1.165, 1.54) is 6.92 Å². The normalized spacial score (nSPS) is 12.1. The molecule has 0 aliphatic rings. The van der Waals surface area contributed by atoms with E-state index < -0.39 is 23.6 Å². The van der Waals surface area contributed by atoms with Crippen molar-refractivity contribution in [2.45, 2.75) is 6.92 Å². The van der Waals surface area contributed by atoms with Crippen LogP contribution in [-0.2, 0) is 9.63 Å². The third-order valence-corrected chi connectivity index (χ3v) is 0.852. The number of carbonyl (C=O) groups is 1. The monoisotopic (exact) mass is 149 g/mol. The SMILES string of the molecule is CC(CO[N+](=O)[O-])C(=O)O. The zero-order valence-electron chi connectivity index (χ0n) is 5.31. The molecule has 0 heterocycles. The van der Waals surface area contributed by atoms with E-state index >= 15 is 0 Å². The summed E-state index contributed by atoms with van der Waals surface area (Å²) in [5, 5.41) is 16.7. The van der Waals surface area contributed by atoms with Crippen molar-refractivity contribution >= 4 is 5.97 Å². The Balaban J connectivity index is 3.49. The van der Waals surface area contributed by atoms with Gasteiger partial charge in [-0.2, -0.15) is 0 Å². The van der Waals surface area contributed by atoms with Crippen LogP contribution in [0.3, 0.4) is 0 Å². The van der Waals surface area contributed by atoms with E-state index in [9.17, 15) is 14.9 Å². The van der Waals surface area contributed by atoms with E-state index in [-0.39, 0.29) is 0 Å². The Bertz CT molecular complexity index is 145. The molecule has 1 atom stereocenters. The molecule has 6 nitrogen and oxygen atoms in total. The summed E-state index contributed by atoms with van der Waals surface area (Å²) in [5.41, 5.74) is 0. The molecule has 0 aromatic carbocycles. The van der Waals surface area contributed by atoms with Crippen molar-refractivity contribution in [1.82, 2.24) is 0 Å². The molecule has 1 unspecified atom stereocenters. The Morgan fingerprint density at radius 3 is 2.70 bits per heavy atom. The maximum atomic E-state index is 10.0. The first kappa shape index (κ1) is 8.67. The van der Waals surface area contributed by atoms with Crippen LogP contribution in [0.4, 0.5) is 0 Å². The first-order chi connectivity index (χ1) is 4.54. The van der Waals surface area contributed by atoms with Gasteiger partial charge in [0.15, 0.2) is 0 Å². The maximum Gasteiger partial charge on any atom is 0.308 e. The molecule has 10 heavy (non-hydrogen) atoms. The van der Waals surface area contributed by atoms with E-state index in [1.54, 1.807) is 0 Å². The fourth-order valence-electron chi connectivity index (χ4n) is 0.244. The van der Waals surface area contributed by atoms with Gasteiger partial charge in [-0.3, -0.25) is 4.79 Å². The molecule has 1 N–H and O–H groups in total. The Labute approximate surface area is 56.5 Å². The van der Waals surface area contributed by atoms with E-state index in [4.69, 9.17) is 5.11 Å². The zero-order chi connectivity index (χ0) is 8.15. The standard InChI is InChI=1S/C4H7NO5/c1-3(4(6)7)2-10-5(8)9/h3H,2H2,1H3,(H,6,7). The number of aliphatic carboxylic acids is 1. The molecule has 0 saturated heterocycles. The summed E-state index contributed by atoms with van der Waals surface area (Å²) in [6.07, 6.45) is 0. The Hall–Kier alpha value is -1.33. The van der Waals surface area contributed by atoms with Gasteiger partial charge in [-0.15, -0.1) is 10.1 Å². The van der Waals surface area contributed by atoms with E-state index in [1.807, 2.05) is 0 Å². The highest BCUT2D eigenvalue weighted by molar-refractivity contribution is 5.69. The lowest BCUT2D eigenvalue weighted by Gasteiger charge is -2.01. The molecule has 0 aromatic heterocycles. The van der Waals surface area contributed by atoms with Crippen molar-refractivity contribution in [3.8, 4) is 0 Å². The summed E-state index contributed by atoms with van der Waals surface area (Å²) < 4.78 is 0. The molecule has 0 bridgehead atoms. The van der Waals surface area contributed by atoms with Crippen LogP contribution < -0.4 is 0 Å². The minimum atomic E-state index is -1.11. The van der Waals surface area contributed by atoms with Gasteiger partial charge in [0.05, 0.1) is 5.92 Å². The minimum absolute atomic E-state index is 0.400. The van der Waals surface area contributed by atoms with Gasteiger partial charge in [-0.1, -0.05) is 6.92 Å². The van der Waals surface area contributed by atoms with Gasteiger partial charge < -0.3 is 9.94 Å². The lowest BCUT2D eigenvalue weighted by Crippen LogP contribution is -2.18. The van der Waals surface area contributed by atoms with Crippen molar-refractivity contribution in [3.63, 3.8) is 0 Å². The van der Waals surface area contributed by atoms with E-state index in [0.717, 1.165) is 0 Å². The predicted octanol–water partition coefficient (Wildman–Crippen LogP) is -0.0846. The average Bonchev–Trinajstić information content (AvgIpc) is 1.82. The molecule has 0 rings (SSSR count). The Morgan fingerprint density at radius 1 is 1.90 bits per heavy atom. The lowest BCUT2D eigenvalue weighted by atomic mass is 10.2. The molecule has 0 amide bonds. The third kappa shape index (κ3) is 3.65. The second-order valence-corrected chi connectivity index (χ2v) is 1.76. The number of carboxylic acids is 1. The van der Waals surface area contributed by atoms with E-state index in [2.05, 4.69) is 4.84 Å². The maximum absolute atomic E-state index is 10.0. The number of carboxylic acid groups (broad SMARTS) is 1. The van der Waals surface area contributed by atoms with Crippen molar-refractivity contribution in [1.29, 1.82) is 0 Å². The van der Waals surface area contributed by atoms with Gasteiger partial charge in [0.25, 0.3) is 5.09 Å². The fraction of sp³-hybridized carbons (Fsp3) is 0.750. The molecule has 6 heteroatoms. The fourth-order valence-corrected chi connectivity index (χ4v) is 0.244. The summed E-state index contributed by atoms with van der Waals surface area (Å²) in [6.45, 7) is 0.925. The number of hydrogen-bond acceptors (Lipinski definition) is 4. The van der Waals surface area contributed by atoms with Gasteiger partial charge in [-0.25, -0.2) is 0 Å². The van der Waals surface area contributed by atoms with Crippen LogP contribution in [0.15, 0.2) is 0 Å². The zero-order valence-corrected chi connectivity index (χ0v) is 5.31. The molecule has 0 spiro atoms. The molecule has 0 fully saturated rings. The van der Waals surface area contributed by atoms with Crippen molar-refractivity contribution in [3.05, 3.63) is 10.1 Å². The van der Waals surface area contributed by atoms with Gasteiger partial charge in [-0.05, 0) is 0 Å².